The second kappa shape index (κ2) is 33.0. The number of hydrogen-bond donors (Lipinski definition) is 1. The van der Waals surface area contributed by atoms with Gasteiger partial charge in [-0.05, 0) is 156 Å². The number of rotatable bonds is 0. The number of halogens is 8. The van der Waals surface area contributed by atoms with Gasteiger partial charge in [-0.1, -0.05) is 93.3 Å². The van der Waals surface area contributed by atoms with Gasteiger partial charge in [0, 0.05) is 66.5 Å². The molecule has 0 aliphatic rings. The van der Waals surface area contributed by atoms with Gasteiger partial charge in [0.15, 0.2) is 0 Å². The number of aromatic amines is 1. The lowest BCUT2D eigenvalue weighted by molar-refractivity contribution is 1.02. The highest BCUT2D eigenvalue weighted by Crippen LogP contribution is 2.14. The number of nitrogens with zero attached hydrogens (tertiary/aromatic N) is 10. The summed E-state index contributed by atoms with van der Waals surface area (Å²) in [4.78, 5) is 34.4. The molecule has 8 heterocycles. The SMILES string of the molecule is Cc1cc(Cl)nc(Cl)c1.Cc1ccc(Cl)nc1.Cc1cccnc1Cl.Cc1ccnc(Cl)n1.Cc1ccncc1Cl.Cc1cncc(Cl)c1.Cc1cnccc1Cl.Cc1n[nH]c(C)n1. The molecule has 0 unspecified atom stereocenters. The van der Waals surface area contributed by atoms with Crippen LogP contribution in [0.4, 0.5) is 0 Å². The first kappa shape index (κ1) is 57.5. The number of aromatic nitrogens is 11. The molecule has 0 radical (unpaired) electrons. The van der Waals surface area contributed by atoms with E-state index >= 15 is 0 Å². The van der Waals surface area contributed by atoms with Gasteiger partial charge in [-0.2, -0.15) is 5.10 Å². The Morgan fingerprint density at radius 3 is 1.45 bits per heavy atom. The zero-order valence-electron chi connectivity index (χ0n) is 36.5. The molecule has 0 spiro atoms. The quantitative estimate of drug-likeness (QED) is 0.115. The summed E-state index contributed by atoms with van der Waals surface area (Å²) in [5, 5.41) is 11.0. The van der Waals surface area contributed by atoms with Crippen LogP contribution < -0.4 is 0 Å². The van der Waals surface area contributed by atoms with Crippen molar-refractivity contribution in [2.75, 3.05) is 0 Å². The van der Waals surface area contributed by atoms with E-state index in [9.17, 15) is 0 Å². The molecule has 64 heavy (non-hydrogen) atoms. The fourth-order valence-electron chi connectivity index (χ4n) is 3.79. The van der Waals surface area contributed by atoms with Crippen LogP contribution in [0.5, 0.6) is 0 Å². The summed E-state index contributed by atoms with van der Waals surface area (Å²) in [6.07, 6.45) is 15.2. The molecule has 0 aliphatic carbocycles. The van der Waals surface area contributed by atoms with E-state index in [1.165, 1.54) is 0 Å². The highest BCUT2D eigenvalue weighted by Gasteiger charge is 1.93. The summed E-state index contributed by atoms with van der Waals surface area (Å²) in [5.74, 6) is 1.68. The molecule has 0 fully saturated rings. The van der Waals surface area contributed by atoms with Gasteiger partial charge in [-0.25, -0.2) is 29.9 Å². The Morgan fingerprint density at radius 2 is 1.11 bits per heavy atom. The lowest BCUT2D eigenvalue weighted by Crippen LogP contribution is -1.82. The van der Waals surface area contributed by atoms with Crippen molar-refractivity contribution >= 4 is 92.8 Å². The molecule has 1 N–H and O–H groups in total. The topological polar surface area (TPSA) is 145 Å². The van der Waals surface area contributed by atoms with Gasteiger partial charge in [-0.3, -0.25) is 20.1 Å². The normalized spacial score (nSPS) is 9.33. The predicted molar refractivity (Wildman–Crippen MR) is 267 cm³/mol. The molecule has 0 aliphatic heterocycles. The zero-order chi connectivity index (χ0) is 48.0. The van der Waals surface area contributed by atoms with Crippen LogP contribution in [0.1, 0.15) is 50.7 Å². The minimum absolute atomic E-state index is 0.310. The molecular weight excluding hydrogens is 978 g/mol. The molecule has 0 bridgehead atoms. The van der Waals surface area contributed by atoms with E-state index in [2.05, 4.69) is 55.1 Å². The van der Waals surface area contributed by atoms with Gasteiger partial charge in [0.1, 0.15) is 32.3 Å². The van der Waals surface area contributed by atoms with Crippen LogP contribution in [0.3, 0.4) is 0 Å². The van der Waals surface area contributed by atoms with Gasteiger partial charge in [0.05, 0.1) is 10.0 Å². The highest BCUT2D eigenvalue weighted by molar-refractivity contribution is 6.33. The molecule has 19 heteroatoms. The Hall–Kier alpha value is -4.56. The molecule has 8 aromatic rings. The Labute approximate surface area is 415 Å². The van der Waals surface area contributed by atoms with Crippen molar-refractivity contribution in [2.24, 2.45) is 0 Å². The van der Waals surface area contributed by atoms with Crippen molar-refractivity contribution in [3.63, 3.8) is 0 Å². The number of hydrogen-bond acceptors (Lipinski definition) is 10. The van der Waals surface area contributed by atoms with E-state index in [0.29, 0.717) is 30.9 Å². The number of nitrogens with one attached hydrogen (secondary N) is 1. The second-order valence-electron chi connectivity index (χ2n) is 12.9. The molecule has 11 nitrogen and oxygen atoms in total. The zero-order valence-corrected chi connectivity index (χ0v) is 42.5. The molecule has 0 saturated heterocycles. The molecular formula is C45H47Cl8N11. The minimum Gasteiger partial charge on any atom is -0.264 e. The summed E-state index contributed by atoms with van der Waals surface area (Å²) in [7, 11) is 0. The average Bonchev–Trinajstić information content (AvgIpc) is 3.62. The van der Waals surface area contributed by atoms with Gasteiger partial charge in [-0.15, -0.1) is 0 Å². The van der Waals surface area contributed by atoms with Crippen LogP contribution in [-0.2, 0) is 0 Å². The molecule has 8 rings (SSSR count). The number of aryl methyl sites for hydroxylation is 9. The van der Waals surface area contributed by atoms with Crippen LogP contribution in [0, 0.1) is 62.3 Å². The first-order valence-corrected chi connectivity index (χ1v) is 21.7. The van der Waals surface area contributed by atoms with E-state index in [1.54, 1.807) is 86.1 Å². The first-order chi connectivity index (χ1) is 30.2. The van der Waals surface area contributed by atoms with Crippen LogP contribution >= 0.6 is 92.8 Å². The van der Waals surface area contributed by atoms with Gasteiger partial charge < -0.3 is 0 Å². The van der Waals surface area contributed by atoms with E-state index in [0.717, 1.165) is 60.8 Å². The highest BCUT2D eigenvalue weighted by atomic mass is 35.5. The molecule has 338 valence electrons. The molecule has 0 aromatic carbocycles. The van der Waals surface area contributed by atoms with Crippen LogP contribution in [-0.4, -0.2) is 55.1 Å². The maximum Gasteiger partial charge on any atom is 0.222 e. The van der Waals surface area contributed by atoms with Gasteiger partial charge >= 0.3 is 0 Å². The Bertz CT molecular complexity index is 2190. The third-order valence-corrected chi connectivity index (χ3v) is 9.19. The second-order valence-corrected chi connectivity index (χ2v) is 16.0. The summed E-state index contributed by atoms with van der Waals surface area (Å²) < 4.78 is 0. The van der Waals surface area contributed by atoms with Crippen molar-refractivity contribution < 1.29 is 0 Å². The number of pyridine rings is 6. The predicted octanol–water partition coefficient (Wildman–Crippen LogP) is 14.8. The van der Waals surface area contributed by atoms with E-state index in [4.69, 9.17) is 92.8 Å². The van der Waals surface area contributed by atoms with Crippen molar-refractivity contribution in [2.45, 2.75) is 62.3 Å². The Kier molecular flexibility index (Phi) is 29.6. The van der Waals surface area contributed by atoms with Crippen LogP contribution in [0.2, 0.25) is 41.0 Å². The molecule has 0 atom stereocenters. The fraction of sp³-hybridized carbons (Fsp3) is 0.200. The maximum atomic E-state index is 5.67. The third-order valence-electron chi connectivity index (χ3n) is 6.97. The first-order valence-electron chi connectivity index (χ1n) is 18.7. The van der Waals surface area contributed by atoms with Crippen molar-refractivity contribution in [3.05, 3.63) is 208 Å². The molecule has 0 saturated carbocycles. The third kappa shape index (κ3) is 29.0. The lowest BCUT2D eigenvalue weighted by atomic mass is 10.3. The van der Waals surface area contributed by atoms with Crippen LogP contribution in [0.15, 0.2) is 116 Å². The minimum atomic E-state index is 0.310. The maximum absolute atomic E-state index is 5.67. The van der Waals surface area contributed by atoms with E-state index in [1.807, 2.05) is 92.6 Å². The van der Waals surface area contributed by atoms with E-state index in [-0.39, 0.29) is 0 Å². The monoisotopic (exact) mass is 1020 g/mol. The Balaban J connectivity index is 0.000000366. The Morgan fingerprint density at radius 1 is 0.438 bits per heavy atom. The molecule has 0 amide bonds. The summed E-state index contributed by atoms with van der Waals surface area (Å²) in [5.41, 5.74) is 7.27. The average molecular weight is 1030 g/mol. The van der Waals surface area contributed by atoms with Crippen molar-refractivity contribution in [1.82, 2.24) is 55.1 Å². The van der Waals surface area contributed by atoms with E-state index < -0.39 is 0 Å². The van der Waals surface area contributed by atoms with Crippen molar-refractivity contribution in [3.8, 4) is 0 Å². The largest absolute Gasteiger partial charge is 0.264 e. The standard InChI is InChI=1S/C6H5Cl2N.5C6H6ClN.C5H5ClN2.C4H7N3/c1-4-2-5(7)9-6(8)3-4;1-5-2-6(7)4-8-3-5;1-5-4-8-3-2-6(5)7;1-5-2-3-8-4-6(5)7;1-5-2-3-6(7)8-4-5;1-5-3-2-4-8-6(5)7;1-4-2-3-7-5(6)8-4;1-3-5-4(2)7-6-3/h2-3H,1H3;5*2-4H,1H3;2-3H,1H3;1-2H3,(H,5,6,7). The van der Waals surface area contributed by atoms with Crippen LogP contribution in [0.25, 0.3) is 0 Å². The summed E-state index contributed by atoms with van der Waals surface area (Å²) in [6.45, 7) is 17.2. The summed E-state index contributed by atoms with van der Waals surface area (Å²) >= 11 is 44.5. The smallest absolute Gasteiger partial charge is 0.222 e. The fourth-order valence-corrected chi connectivity index (χ4v) is 5.24. The summed E-state index contributed by atoms with van der Waals surface area (Å²) in [6, 6.07) is 18.3. The molecule has 8 aromatic heterocycles. The van der Waals surface area contributed by atoms with Crippen molar-refractivity contribution in [1.29, 1.82) is 0 Å². The van der Waals surface area contributed by atoms with Gasteiger partial charge in [0.25, 0.3) is 0 Å². The lowest BCUT2D eigenvalue weighted by Gasteiger charge is -1.92. The number of H-pyrrole nitrogens is 1. The van der Waals surface area contributed by atoms with Gasteiger partial charge in [0.2, 0.25) is 5.28 Å².